The summed E-state index contributed by atoms with van der Waals surface area (Å²) in [5, 5.41) is 10.7. The fourth-order valence-corrected chi connectivity index (χ4v) is 3.46. The molecule has 0 aliphatic rings. The van der Waals surface area contributed by atoms with E-state index in [1.807, 2.05) is 0 Å². The topological polar surface area (TPSA) is 105 Å². The van der Waals surface area contributed by atoms with Gasteiger partial charge in [0, 0.05) is 24.2 Å². The van der Waals surface area contributed by atoms with E-state index in [1.165, 1.54) is 12.1 Å². The highest BCUT2D eigenvalue weighted by molar-refractivity contribution is 7.89. The van der Waals surface area contributed by atoms with Gasteiger partial charge < -0.3 is 0 Å². The van der Waals surface area contributed by atoms with Gasteiger partial charge in [0.25, 0.3) is 0 Å². The maximum atomic E-state index is 12.1. The molecule has 3 aromatic rings. The summed E-state index contributed by atoms with van der Waals surface area (Å²) in [4.78, 5) is 12.0. The number of sulfonamides is 1. The molecule has 0 spiro atoms. The van der Waals surface area contributed by atoms with Gasteiger partial charge in [-0.3, -0.25) is 14.5 Å². The van der Waals surface area contributed by atoms with Gasteiger partial charge in [0.05, 0.1) is 4.90 Å². The lowest BCUT2D eigenvalue weighted by Crippen LogP contribution is -2.28. The lowest BCUT2D eigenvalue weighted by Gasteiger charge is -2.07. The van der Waals surface area contributed by atoms with Crippen LogP contribution in [0.2, 0.25) is 5.02 Å². The Morgan fingerprint density at radius 3 is 2.80 bits per heavy atom. The molecule has 1 amide bonds. The predicted octanol–water partition coefficient (Wildman–Crippen LogP) is 1.69. The van der Waals surface area contributed by atoms with Crippen molar-refractivity contribution < 1.29 is 13.2 Å². The molecule has 2 aromatic heterocycles. The number of hydrogen-bond acceptors (Lipinski definition) is 5. The molecule has 0 saturated carbocycles. The van der Waals surface area contributed by atoms with Crippen LogP contribution in [0.15, 0.2) is 53.6 Å². The first kappa shape index (κ1) is 17.3. The van der Waals surface area contributed by atoms with Gasteiger partial charge in [0.15, 0.2) is 5.65 Å². The molecule has 0 bridgehead atoms. The zero-order chi connectivity index (χ0) is 17.9. The van der Waals surface area contributed by atoms with Crippen LogP contribution >= 0.6 is 11.6 Å². The number of anilines is 1. The molecule has 2 heterocycles. The van der Waals surface area contributed by atoms with Crippen molar-refractivity contribution in [3.8, 4) is 0 Å². The molecule has 0 radical (unpaired) electrons. The Morgan fingerprint density at radius 2 is 2.00 bits per heavy atom. The lowest BCUT2D eigenvalue weighted by atomic mass is 10.4. The van der Waals surface area contributed by atoms with Crippen molar-refractivity contribution >= 4 is 39.1 Å². The summed E-state index contributed by atoms with van der Waals surface area (Å²) in [5.74, 6) is -0.106. The minimum Gasteiger partial charge on any atom is -0.294 e. The second kappa shape index (κ2) is 7.18. The summed E-state index contributed by atoms with van der Waals surface area (Å²) in [6, 6.07) is 11.2. The number of nitrogens with one attached hydrogen (secondary N) is 2. The summed E-state index contributed by atoms with van der Waals surface area (Å²) in [7, 11) is -3.72. The molecule has 3 rings (SSSR count). The zero-order valence-corrected chi connectivity index (χ0v) is 14.5. The third kappa shape index (κ3) is 4.13. The monoisotopic (exact) mass is 379 g/mol. The van der Waals surface area contributed by atoms with Crippen molar-refractivity contribution in [1.82, 2.24) is 19.3 Å². The van der Waals surface area contributed by atoms with Gasteiger partial charge in [0.2, 0.25) is 21.9 Å². The van der Waals surface area contributed by atoms with Crippen LogP contribution in [0.5, 0.6) is 0 Å². The highest BCUT2D eigenvalue weighted by atomic mass is 35.5. The number of benzene rings is 1. The van der Waals surface area contributed by atoms with E-state index < -0.39 is 10.0 Å². The van der Waals surface area contributed by atoms with E-state index in [4.69, 9.17) is 11.6 Å². The smallest absolute Gasteiger partial charge is 0.240 e. The average Bonchev–Trinajstić information content (AvgIpc) is 2.98. The quantitative estimate of drug-likeness (QED) is 0.678. The molecule has 10 heteroatoms. The molecule has 2 N–H and O–H groups in total. The number of amides is 1. The third-order valence-corrected chi connectivity index (χ3v) is 5.01. The number of aromatic nitrogens is 3. The summed E-state index contributed by atoms with van der Waals surface area (Å²) in [6.45, 7) is -0.0581. The second-order valence-corrected chi connectivity index (χ2v) is 7.31. The Hall–Kier alpha value is -2.49. The molecule has 0 saturated heterocycles. The van der Waals surface area contributed by atoms with Gasteiger partial charge >= 0.3 is 0 Å². The largest absolute Gasteiger partial charge is 0.294 e. The molecule has 0 unspecified atom stereocenters. The Labute approximate surface area is 148 Å². The minimum atomic E-state index is -3.72. The summed E-state index contributed by atoms with van der Waals surface area (Å²) >= 11 is 5.79. The summed E-state index contributed by atoms with van der Waals surface area (Å²) < 4.78 is 28.2. The van der Waals surface area contributed by atoms with Gasteiger partial charge in [0.1, 0.15) is 0 Å². The van der Waals surface area contributed by atoms with Gasteiger partial charge in [-0.05, 0) is 30.3 Å². The Kier molecular flexibility index (Phi) is 4.98. The first-order chi connectivity index (χ1) is 12.0. The first-order valence-corrected chi connectivity index (χ1v) is 9.17. The van der Waals surface area contributed by atoms with Crippen molar-refractivity contribution in [3.63, 3.8) is 0 Å². The molecule has 25 heavy (non-hydrogen) atoms. The van der Waals surface area contributed by atoms with E-state index in [2.05, 4.69) is 20.2 Å². The van der Waals surface area contributed by atoms with Gasteiger partial charge in [-0.25, -0.2) is 13.1 Å². The fourth-order valence-electron chi connectivity index (χ4n) is 2.13. The number of rotatable bonds is 6. The fraction of sp³-hybridized carbons (Fsp3) is 0.133. The number of carbonyl (C=O) groups excluding carboxylic acids is 1. The standard InChI is InChI=1S/C15H14ClN5O3S/c16-11-4-3-5-12(10-11)25(23,24)17-8-7-14(22)18-15-20-19-13-6-1-2-9-21(13)15/h1-6,9-10,17H,7-8H2,(H,18,20,22). The molecule has 0 aliphatic heterocycles. The normalized spacial score (nSPS) is 11.6. The number of fused-ring (bicyclic) bond motifs is 1. The number of nitrogens with zero attached hydrogens (tertiary/aromatic N) is 3. The van der Waals surface area contributed by atoms with Crippen LogP contribution in [0, 0.1) is 0 Å². The molecular formula is C15H14ClN5O3S. The van der Waals surface area contributed by atoms with E-state index in [1.54, 1.807) is 40.9 Å². The van der Waals surface area contributed by atoms with Crippen molar-refractivity contribution in [1.29, 1.82) is 0 Å². The molecule has 0 atom stereocenters. The van der Waals surface area contributed by atoms with E-state index in [-0.39, 0.29) is 29.7 Å². The van der Waals surface area contributed by atoms with Gasteiger partial charge in [-0.15, -0.1) is 10.2 Å². The van der Waals surface area contributed by atoms with Crippen LogP contribution in [-0.4, -0.2) is 35.5 Å². The molecule has 0 fully saturated rings. The number of pyridine rings is 1. The highest BCUT2D eigenvalue weighted by Crippen LogP contribution is 2.15. The Bertz CT molecular complexity index is 1020. The molecular weight excluding hydrogens is 366 g/mol. The zero-order valence-electron chi connectivity index (χ0n) is 12.9. The van der Waals surface area contributed by atoms with E-state index in [0.717, 1.165) is 0 Å². The van der Waals surface area contributed by atoms with Crippen molar-refractivity contribution in [2.24, 2.45) is 0 Å². The molecule has 1 aromatic carbocycles. The van der Waals surface area contributed by atoms with Crippen LogP contribution in [0.4, 0.5) is 5.95 Å². The second-order valence-electron chi connectivity index (χ2n) is 5.11. The van der Waals surface area contributed by atoms with Crippen molar-refractivity contribution in [2.75, 3.05) is 11.9 Å². The maximum Gasteiger partial charge on any atom is 0.240 e. The van der Waals surface area contributed by atoms with E-state index in [0.29, 0.717) is 10.7 Å². The Morgan fingerprint density at radius 1 is 1.16 bits per heavy atom. The van der Waals surface area contributed by atoms with E-state index in [9.17, 15) is 13.2 Å². The molecule has 0 aliphatic carbocycles. The maximum absolute atomic E-state index is 12.1. The lowest BCUT2D eigenvalue weighted by molar-refractivity contribution is -0.116. The number of halogens is 1. The van der Waals surface area contributed by atoms with Crippen LogP contribution in [0.25, 0.3) is 5.65 Å². The third-order valence-electron chi connectivity index (χ3n) is 3.32. The predicted molar refractivity (Wildman–Crippen MR) is 92.9 cm³/mol. The van der Waals surface area contributed by atoms with Gasteiger partial charge in [-0.1, -0.05) is 23.7 Å². The first-order valence-electron chi connectivity index (χ1n) is 7.30. The molecule has 8 nitrogen and oxygen atoms in total. The van der Waals surface area contributed by atoms with Crippen LogP contribution < -0.4 is 10.0 Å². The van der Waals surface area contributed by atoms with Crippen LogP contribution in [0.3, 0.4) is 0 Å². The van der Waals surface area contributed by atoms with Crippen molar-refractivity contribution in [2.45, 2.75) is 11.3 Å². The van der Waals surface area contributed by atoms with Gasteiger partial charge in [-0.2, -0.15) is 0 Å². The summed E-state index contributed by atoms with van der Waals surface area (Å²) in [5.41, 5.74) is 0.597. The molecule has 130 valence electrons. The average molecular weight is 380 g/mol. The minimum absolute atomic E-state index is 0.0452. The number of carbonyl (C=O) groups is 1. The van der Waals surface area contributed by atoms with Crippen LogP contribution in [-0.2, 0) is 14.8 Å². The Balaban J connectivity index is 1.57. The van der Waals surface area contributed by atoms with Crippen molar-refractivity contribution in [3.05, 3.63) is 53.7 Å². The van der Waals surface area contributed by atoms with Crippen LogP contribution in [0.1, 0.15) is 6.42 Å². The number of hydrogen-bond donors (Lipinski definition) is 2. The SMILES string of the molecule is O=C(CCNS(=O)(=O)c1cccc(Cl)c1)Nc1nnc2ccccn12. The van der Waals surface area contributed by atoms with E-state index >= 15 is 0 Å². The summed E-state index contributed by atoms with van der Waals surface area (Å²) in [6.07, 6.45) is 1.66. The highest BCUT2D eigenvalue weighted by Gasteiger charge is 2.15.